The highest BCUT2D eigenvalue weighted by molar-refractivity contribution is 6.32. The molecule has 5 rings (SSSR count). The Bertz CT molecular complexity index is 1280. The molecule has 0 bridgehead atoms. The number of carbonyl (C=O) groups excluding carboxylic acids is 1. The minimum absolute atomic E-state index is 0.159. The van der Waals surface area contributed by atoms with Crippen LogP contribution in [0.15, 0.2) is 37.1 Å². The van der Waals surface area contributed by atoms with Crippen LogP contribution < -0.4 is 5.32 Å². The average molecular weight is 443 g/mol. The molecule has 0 aromatic carbocycles. The lowest BCUT2D eigenvalue weighted by atomic mass is 9.86. The first kappa shape index (κ1) is 19.0. The van der Waals surface area contributed by atoms with Gasteiger partial charge in [0, 0.05) is 5.56 Å². The van der Waals surface area contributed by atoms with Crippen LogP contribution in [0.3, 0.4) is 0 Å². The molecular formula is C19H16Cl2N8O. The van der Waals surface area contributed by atoms with E-state index in [4.69, 9.17) is 23.2 Å². The molecule has 0 unspecified atom stereocenters. The summed E-state index contributed by atoms with van der Waals surface area (Å²) in [6, 6.07) is 1.63. The second-order valence-corrected chi connectivity index (χ2v) is 8.58. The van der Waals surface area contributed by atoms with Gasteiger partial charge in [0.15, 0.2) is 11.5 Å². The fourth-order valence-corrected chi connectivity index (χ4v) is 4.45. The molecule has 1 aliphatic rings. The largest absolute Gasteiger partial charge is 0.324 e. The molecule has 11 heteroatoms. The molecule has 1 amide bonds. The number of nitrogens with one attached hydrogen (secondary N) is 1. The Morgan fingerprint density at radius 1 is 1.20 bits per heavy atom. The highest BCUT2D eigenvalue weighted by Crippen LogP contribution is 2.47. The monoisotopic (exact) mass is 442 g/mol. The number of halogens is 2. The van der Waals surface area contributed by atoms with Crippen molar-refractivity contribution in [3.63, 3.8) is 0 Å². The summed E-state index contributed by atoms with van der Waals surface area (Å²) in [4.78, 5) is 23.1. The highest BCUT2D eigenvalue weighted by Gasteiger charge is 2.43. The summed E-state index contributed by atoms with van der Waals surface area (Å²) in [6.07, 6.45) is 8.59. The van der Waals surface area contributed by atoms with E-state index in [0.29, 0.717) is 33.7 Å². The third kappa shape index (κ3) is 3.01. The number of aromatic nitrogens is 7. The fraction of sp³-hybridized carbons (Fsp3) is 0.263. The Morgan fingerprint density at radius 3 is 2.70 bits per heavy atom. The van der Waals surface area contributed by atoms with Crippen molar-refractivity contribution >= 4 is 40.4 Å². The van der Waals surface area contributed by atoms with E-state index in [9.17, 15) is 4.79 Å². The molecule has 1 N–H and O–H groups in total. The number of fused-ring (bicyclic) bond motifs is 3. The van der Waals surface area contributed by atoms with E-state index in [2.05, 4.69) is 44.4 Å². The summed E-state index contributed by atoms with van der Waals surface area (Å²) >= 11 is 12.4. The Balaban J connectivity index is 1.46. The van der Waals surface area contributed by atoms with Gasteiger partial charge in [-0.3, -0.25) is 4.79 Å². The zero-order valence-electron chi connectivity index (χ0n) is 16.0. The van der Waals surface area contributed by atoms with Crippen molar-refractivity contribution < 1.29 is 4.79 Å². The number of pyridine rings is 1. The van der Waals surface area contributed by atoms with E-state index >= 15 is 0 Å². The summed E-state index contributed by atoms with van der Waals surface area (Å²) in [5, 5.41) is 16.0. The van der Waals surface area contributed by atoms with E-state index < -0.39 is 0 Å². The molecule has 1 atom stereocenters. The van der Waals surface area contributed by atoms with E-state index in [1.165, 1.54) is 23.4 Å². The minimum Gasteiger partial charge on any atom is -0.324 e. The lowest BCUT2D eigenvalue weighted by Crippen LogP contribution is -2.21. The number of carbonyl (C=O) groups is 1. The van der Waals surface area contributed by atoms with Gasteiger partial charge in [-0.2, -0.15) is 15.3 Å². The van der Waals surface area contributed by atoms with Crippen LogP contribution in [-0.4, -0.2) is 40.5 Å². The van der Waals surface area contributed by atoms with Crippen LogP contribution in [0.1, 0.15) is 37.3 Å². The molecule has 4 aromatic heterocycles. The first-order valence-corrected chi connectivity index (χ1v) is 9.96. The number of amides is 1. The first-order valence-electron chi connectivity index (χ1n) is 9.21. The molecule has 4 aromatic rings. The summed E-state index contributed by atoms with van der Waals surface area (Å²) in [5.74, 6) is -0.155. The summed E-state index contributed by atoms with van der Waals surface area (Å²) in [7, 11) is 0. The predicted octanol–water partition coefficient (Wildman–Crippen LogP) is 3.42. The molecule has 0 fully saturated rings. The average Bonchev–Trinajstić information content (AvgIpc) is 3.39. The van der Waals surface area contributed by atoms with Crippen molar-refractivity contribution in [2.45, 2.75) is 31.6 Å². The van der Waals surface area contributed by atoms with E-state index in [1.54, 1.807) is 23.0 Å². The Hall–Kier alpha value is -3.04. The van der Waals surface area contributed by atoms with Gasteiger partial charge < -0.3 is 5.32 Å². The third-order valence-corrected chi connectivity index (χ3v) is 5.73. The SMILES string of the molecule is CC1(C)C[C@H](C(=O)Nc2cnc(-n3nccn3)c(Cl)c2)c2cnn3cc(Cl)nc3c21. The molecule has 9 nitrogen and oxygen atoms in total. The van der Waals surface area contributed by atoms with Crippen LogP contribution in [0.2, 0.25) is 10.2 Å². The van der Waals surface area contributed by atoms with Gasteiger partial charge in [0.2, 0.25) is 5.91 Å². The molecule has 0 spiro atoms. The maximum absolute atomic E-state index is 13.1. The quantitative estimate of drug-likeness (QED) is 0.521. The molecule has 0 aliphatic heterocycles. The standard InChI is InChI=1S/C19H16Cl2N8O/c1-19(2)6-11(12-8-25-28-9-14(21)27-17(28)15(12)19)18(30)26-10-5-13(20)16(22-7-10)29-23-3-4-24-29/h3-5,7-9,11H,6H2,1-2H3,(H,26,30)/t11-/m0/s1. The molecule has 30 heavy (non-hydrogen) atoms. The van der Waals surface area contributed by atoms with Crippen LogP contribution in [0.25, 0.3) is 11.5 Å². The smallest absolute Gasteiger partial charge is 0.232 e. The van der Waals surface area contributed by atoms with E-state index in [1.807, 2.05) is 0 Å². The lowest BCUT2D eigenvalue weighted by Gasteiger charge is -2.19. The zero-order chi connectivity index (χ0) is 21.0. The molecule has 4 heterocycles. The second kappa shape index (κ2) is 6.75. The highest BCUT2D eigenvalue weighted by atomic mass is 35.5. The van der Waals surface area contributed by atoms with Crippen molar-refractivity contribution in [1.29, 1.82) is 0 Å². The topological polar surface area (TPSA) is 103 Å². The van der Waals surface area contributed by atoms with Crippen molar-refractivity contribution in [2.24, 2.45) is 0 Å². The third-order valence-electron chi connectivity index (χ3n) is 5.27. The molecule has 0 saturated carbocycles. The van der Waals surface area contributed by atoms with Crippen LogP contribution in [0.5, 0.6) is 0 Å². The molecule has 152 valence electrons. The molecule has 0 radical (unpaired) electrons. The van der Waals surface area contributed by atoms with Gasteiger partial charge >= 0.3 is 0 Å². The van der Waals surface area contributed by atoms with Crippen LogP contribution >= 0.6 is 23.2 Å². The number of hydrogen-bond acceptors (Lipinski definition) is 6. The fourth-order valence-electron chi connectivity index (χ4n) is 4.03. The molecule has 0 saturated heterocycles. The Labute approximate surface area is 181 Å². The van der Waals surface area contributed by atoms with Crippen molar-refractivity contribution in [3.05, 3.63) is 58.4 Å². The van der Waals surface area contributed by atoms with Gasteiger partial charge in [0.05, 0.1) is 47.6 Å². The summed E-state index contributed by atoms with van der Waals surface area (Å²) < 4.78 is 1.65. The van der Waals surface area contributed by atoms with Gasteiger partial charge in [-0.1, -0.05) is 37.0 Å². The van der Waals surface area contributed by atoms with E-state index in [0.717, 1.165) is 11.1 Å². The van der Waals surface area contributed by atoms with Crippen LogP contribution in [0.4, 0.5) is 5.69 Å². The summed E-state index contributed by atoms with van der Waals surface area (Å²) in [5.41, 5.74) is 2.75. The number of anilines is 1. The van der Waals surface area contributed by atoms with Crippen LogP contribution in [-0.2, 0) is 10.2 Å². The zero-order valence-corrected chi connectivity index (χ0v) is 17.6. The van der Waals surface area contributed by atoms with Crippen molar-refractivity contribution in [3.8, 4) is 5.82 Å². The van der Waals surface area contributed by atoms with Crippen molar-refractivity contribution in [1.82, 2.24) is 34.6 Å². The number of hydrogen-bond donors (Lipinski definition) is 1. The minimum atomic E-state index is -0.380. The molecule has 1 aliphatic carbocycles. The van der Waals surface area contributed by atoms with Gasteiger partial charge in [-0.05, 0) is 23.5 Å². The summed E-state index contributed by atoms with van der Waals surface area (Å²) in [6.45, 7) is 4.18. The predicted molar refractivity (Wildman–Crippen MR) is 111 cm³/mol. The van der Waals surface area contributed by atoms with Gasteiger partial charge in [0.1, 0.15) is 5.15 Å². The van der Waals surface area contributed by atoms with Crippen LogP contribution in [0, 0.1) is 0 Å². The number of rotatable bonds is 3. The Morgan fingerprint density at radius 2 is 1.97 bits per heavy atom. The van der Waals surface area contributed by atoms with Gasteiger partial charge in [-0.25, -0.2) is 14.5 Å². The maximum atomic E-state index is 13.1. The Kier molecular flexibility index (Phi) is 4.26. The molecular weight excluding hydrogens is 427 g/mol. The van der Waals surface area contributed by atoms with E-state index in [-0.39, 0.29) is 17.2 Å². The first-order chi connectivity index (χ1) is 14.3. The maximum Gasteiger partial charge on any atom is 0.232 e. The normalized spacial score (nSPS) is 17.3. The lowest BCUT2D eigenvalue weighted by molar-refractivity contribution is -0.117. The van der Waals surface area contributed by atoms with Gasteiger partial charge in [0.25, 0.3) is 0 Å². The van der Waals surface area contributed by atoms with Crippen molar-refractivity contribution in [2.75, 3.05) is 5.32 Å². The second-order valence-electron chi connectivity index (χ2n) is 7.78. The number of imidazole rings is 1. The van der Waals surface area contributed by atoms with Gasteiger partial charge in [-0.15, -0.1) is 4.80 Å². The number of nitrogens with zero attached hydrogens (tertiary/aromatic N) is 7.